The normalized spacial score (nSPS) is 15.6. The van der Waals surface area contributed by atoms with Gasteiger partial charge in [0, 0.05) is 62.7 Å². The number of carbonyl (C=O) groups excluding carboxylic acids is 3. The maximum absolute atomic E-state index is 13.6. The molecule has 3 amide bonds. The van der Waals surface area contributed by atoms with E-state index in [0.717, 1.165) is 47.0 Å². The van der Waals surface area contributed by atoms with Gasteiger partial charge in [-0.15, -0.1) is 11.3 Å². The number of rotatable bonds is 13. The first-order chi connectivity index (χ1) is 20.2. The fourth-order valence-corrected chi connectivity index (χ4v) is 6.07. The summed E-state index contributed by atoms with van der Waals surface area (Å²) in [5, 5.41) is 10.2. The number of carbonyl (C=O) groups is 3. The summed E-state index contributed by atoms with van der Waals surface area (Å²) in [4.78, 5) is 48.1. The van der Waals surface area contributed by atoms with E-state index in [2.05, 4.69) is 44.4 Å². The Morgan fingerprint density at radius 2 is 1.79 bits per heavy atom. The van der Waals surface area contributed by atoms with Gasteiger partial charge in [-0.05, 0) is 37.2 Å². The lowest BCUT2D eigenvalue weighted by atomic mass is 10.0. The van der Waals surface area contributed by atoms with Gasteiger partial charge in [0.25, 0.3) is 0 Å². The van der Waals surface area contributed by atoms with Crippen molar-refractivity contribution in [2.45, 2.75) is 38.3 Å². The molecule has 0 bridgehead atoms. The third-order valence-corrected chi connectivity index (χ3v) is 8.53. The second kappa shape index (κ2) is 15.2. The summed E-state index contributed by atoms with van der Waals surface area (Å²) in [6, 6.07) is 14.0. The van der Waals surface area contributed by atoms with E-state index in [9.17, 15) is 14.4 Å². The molecule has 3 N–H and O–H groups in total. The van der Waals surface area contributed by atoms with Crippen molar-refractivity contribution in [3.63, 3.8) is 0 Å². The van der Waals surface area contributed by atoms with Crippen molar-refractivity contribution in [2.24, 2.45) is 0 Å². The third-order valence-electron chi connectivity index (χ3n) is 7.26. The fraction of sp³-hybridized carbons (Fsp3) is 0.419. The Kier molecular flexibility index (Phi) is 11.5. The smallest absolute Gasteiger partial charge is 0.247 e. The summed E-state index contributed by atoms with van der Waals surface area (Å²) in [6.45, 7) is 10.2. The highest BCUT2D eigenvalue weighted by Gasteiger charge is 2.26. The van der Waals surface area contributed by atoms with Crippen LogP contribution < -0.4 is 16.0 Å². The lowest BCUT2D eigenvalue weighted by molar-refractivity contribution is -0.129. The molecule has 42 heavy (non-hydrogen) atoms. The Hall–Kier alpha value is -3.31. The predicted octanol–water partition coefficient (Wildman–Crippen LogP) is 3.03. The van der Waals surface area contributed by atoms with Gasteiger partial charge < -0.3 is 20.9 Å². The molecule has 9 nitrogen and oxygen atoms in total. The van der Waals surface area contributed by atoms with Crippen molar-refractivity contribution in [3.05, 3.63) is 76.3 Å². The van der Waals surface area contributed by atoms with E-state index in [1.807, 2.05) is 42.5 Å². The number of piperazine rings is 1. The highest BCUT2D eigenvalue weighted by Crippen LogP contribution is 2.26. The number of halogens is 1. The van der Waals surface area contributed by atoms with Crippen LogP contribution in [0.2, 0.25) is 5.02 Å². The van der Waals surface area contributed by atoms with Gasteiger partial charge in [-0.3, -0.25) is 19.3 Å². The van der Waals surface area contributed by atoms with Gasteiger partial charge in [-0.25, -0.2) is 4.98 Å². The van der Waals surface area contributed by atoms with Gasteiger partial charge in [0.15, 0.2) is 0 Å². The summed E-state index contributed by atoms with van der Waals surface area (Å²) in [5.74, 6) is -0.793. The maximum atomic E-state index is 13.6. The zero-order chi connectivity index (χ0) is 30.1. The molecule has 1 aliphatic rings. The van der Waals surface area contributed by atoms with Crippen LogP contribution in [0.1, 0.15) is 23.9 Å². The van der Waals surface area contributed by atoms with E-state index in [-0.39, 0.29) is 37.1 Å². The fourth-order valence-electron chi connectivity index (χ4n) is 4.78. The summed E-state index contributed by atoms with van der Waals surface area (Å²) in [5.41, 5.74) is 2.31. The van der Waals surface area contributed by atoms with Gasteiger partial charge in [0.05, 0.1) is 21.3 Å². The minimum Gasteiger partial charge on any atom is -0.350 e. The maximum Gasteiger partial charge on any atom is 0.247 e. The molecule has 1 aliphatic heterocycles. The van der Waals surface area contributed by atoms with E-state index >= 15 is 0 Å². The largest absolute Gasteiger partial charge is 0.350 e. The summed E-state index contributed by atoms with van der Waals surface area (Å²) >= 11 is 7.58. The number of likely N-dealkylation sites (N-methyl/N-ethyl adjacent to an activating group) is 1. The number of hydrogen-bond donors (Lipinski definition) is 3. The Morgan fingerprint density at radius 3 is 2.50 bits per heavy atom. The molecule has 1 aromatic heterocycles. The van der Waals surface area contributed by atoms with Crippen molar-refractivity contribution < 1.29 is 14.4 Å². The molecule has 4 rings (SSSR count). The van der Waals surface area contributed by atoms with Crippen LogP contribution in [0.25, 0.3) is 10.2 Å². The monoisotopic (exact) mass is 610 g/mol. The molecule has 0 radical (unpaired) electrons. The van der Waals surface area contributed by atoms with E-state index in [1.54, 1.807) is 13.0 Å². The average Bonchev–Trinajstić information content (AvgIpc) is 3.38. The highest BCUT2D eigenvalue weighted by molar-refractivity contribution is 7.18. The Balaban J connectivity index is 1.43. The zero-order valence-electron chi connectivity index (χ0n) is 24.2. The van der Waals surface area contributed by atoms with Gasteiger partial charge in [-0.2, -0.15) is 0 Å². The zero-order valence-corrected chi connectivity index (χ0v) is 25.8. The number of hydrogen-bond acceptors (Lipinski definition) is 7. The minimum absolute atomic E-state index is 0.218. The number of nitrogens with zero attached hydrogens (tertiary/aromatic N) is 3. The minimum atomic E-state index is -0.824. The van der Waals surface area contributed by atoms with Crippen LogP contribution in [0.3, 0.4) is 0 Å². The lowest BCUT2D eigenvalue weighted by Crippen LogP contribution is -2.53. The Morgan fingerprint density at radius 1 is 1.05 bits per heavy atom. The van der Waals surface area contributed by atoms with Crippen LogP contribution in [0, 0.1) is 0 Å². The number of amides is 3. The summed E-state index contributed by atoms with van der Waals surface area (Å²) in [6.07, 6.45) is 0.991. The number of thiazole rings is 1. The van der Waals surface area contributed by atoms with Gasteiger partial charge >= 0.3 is 0 Å². The molecule has 0 aliphatic carbocycles. The topological polar surface area (TPSA) is 107 Å². The third kappa shape index (κ3) is 9.35. The number of aromatic nitrogens is 1. The second-order valence-corrected chi connectivity index (χ2v) is 12.2. The van der Waals surface area contributed by atoms with Crippen LogP contribution in [0.15, 0.2) is 60.7 Å². The molecule has 11 heteroatoms. The molecule has 224 valence electrons. The molecular weight excluding hydrogens is 572 g/mol. The molecule has 0 spiro atoms. The molecule has 3 aromatic rings. The summed E-state index contributed by atoms with van der Waals surface area (Å²) < 4.78 is 0.917. The molecule has 2 heterocycles. The molecule has 1 saturated heterocycles. The first kappa shape index (κ1) is 31.6. The number of fused-ring (bicyclic) bond motifs is 1. The molecule has 2 atom stereocenters. The first-order valence-corrected chi connectivity index (χ1v) is 15.4. The molecular formula is C31H39ClN6O3S. The standard InChI is InChI=1S/C31H39ClN6O3S/c1-4-28(39)35-26(18-29-36-25-11-10-23(32)17-27(25)42-29)31(41)34-24(16-22-8-6-5-7-9-22)19-33-30(40)21(2)20-38-14-12-37(3)13-15-38/h5-11,17,24,26H,2,4,12-16,18-20H2,1,3H3,(H,33,40)(H,34,41)(H,35,39)/t24-,26-/m0/s1. The Labute approximate surface area is 256 Å². The van der Waals surface area contributed by atoms with Crippen molar-refractivity contribution in [3.8, 4) is 0 Å². The first-order valence-electron chi connectivity index (χ1n) is 14.3. The van der Waals surface area contributed by atoms with E-state index < -0.39 is 12.1 Å². The number of nitrogens with one attached hydrogen (secondary N) is 3. The SMILES string of the molecule is C=C(CN1CCN(C)CC1)C(=O)NC[C@H](Cc1ccccc1)NC(=O)[C@H](Cc1nc2ccc(Cl)cc2s1)NC(=O)CC. The lowest BCUT2D eigenvalue weighted by Gasteiger charge is -2.32. The van der Waals surface area contributed by atoms with Crippen molar-refractivity contribution in [1.29, 1.82) is 0 Å². The van der Waals surface area contributed by atoms with Crippen molar-refractivity contribution >= 4 is 50.9 Å². The molecule has 0 saturated carbocycles. The number of benzene rings is 2. The van der Waals surface area contributed by atoms with Crippen LogP contribution >= 0.6 is 22.9 Å². The van der Waals surface area contributed by atoms with E-state index in [4.69, 9.17) is 11.6 Å². The van der Waals surface area contributed by atoms with Crippen molar-refractivity contribution in [1.82, 2.24) is 30.7 Å². The van der Waals surface area contributed by atoms with Crippen molar-refractivity contribution in [2.75, 3.05) is 46.3 Å². The summed E-state index contributed by atoms with van der Waals surface area (Å²) in [7, 11) is 2.09. The van der Waals surface area contributed by atoms with Gasteiger partial charge in [-0.1, -0.05) is 55.4 Å². The van der Waals surface area contributed by atoms with Crippen LogP contribution in [0.4, 0.5) is 0 Å². The van der Waals surface area contributed by atoms with Crippen LogP contribution in [0.5, 0.6) is 0 Å². The molecule has 1 fully saturated rings. The average molecular weight is 611 g/mol. The van der Waals surface area contributed by atoms with Gasteiger partial charge in [0.2, 0.25) is 17.7 Å². The second-order valence-electron chi connectivity index (χ2n) is 10.7. The van der Waals surface area contributed by atoms with E-state index in [1.165, 1.54) is 11.3 Å². The Bertz CT molecular complexity index is 1390. The molecule has 2 aromatic carbocycles. The van der Waals surface area contributed by atoms with E-state index in [0.29, 0.717) is 23.6 Å². The van der Waals surface area contributed by atoms with Crippen LogP contribution in [-0.4, -0.2) is 90.9 Å². The molecule has 0 unspecified atom stereocenters. The predicted molar refractivity (Wildman–Crippen MR) is 169 cm³/mol. The highest BCUT2D eigenvalue weighted by atomic mass is 35.5. The van der Waals surface area contributed by atoms with Gasteiger partial charge in [0.1, 0.15) is 6.04 Å². The van der Waals surface area contributed by atoms with Crippen LogP contribution in [-0.2, 0) is 27.2 Å². The quantitative estimate of drug-likeness (QED) is 0.257.